The summed E-state index contributed by atoms with van der Waals surface area (Å²) in [5.74, 6) is -0.783. The third kappa shape index (κ3) is 9.26. The Bertz CT molecular complexity index is 890. The van der Waals surface area contributed by atoms with E-state index in [1.807, 2.05) is 30.3 Å². The van der Waals surface area contributed by atoms with Crippen LogP contribution < -0.4 is 10.6 Å². The van der Waals surface area contributed by atoms with Crippen LogP contribution in [0.1, 0.15) is 45.1 Å². The van der Waals surface area contributed by atoms with E-state index in [0.717, 1.165) is 18.4 Å². The minimum atomic E-state index is -1.04. The molecule has 0 aliphatic rings. The zero-order valence-electron chi connectivity index (χ0n) is 19.3. The van der Waals surface area contributed by atoms with Gasteiger partial charge in [0.05, 0.1) is 5.41 Å². The number of carbonyl (C=O) groups excluding carboxylic acids is 2. The summed E-state index contributed by atoms with van der Waals surface area (Å²) >= 11 is 0. The largest absolute Gasteiger partial charge is 0.481 e. The number of rotatable bonds is 13. The number of anilines is 1. The number of hydrogen-bond acceptors (Lipinski definition) is 6. The number of benzene rings is 1. The summed E-state index contributed by atoms with van der Waals surface area (Å²) in [4.78, 5) is 46.3. The number of carboxylic acid groups (broad SMARTS) is 1. The molecule has 0 unspecified atom stereocenters. The van der Waals surface area contributed by atoms with Crippen molar-refractivity contribution in [1.82, 2.24) is 20.2 Å². The van der Waals surface area contributed by atoms with Gasteiger partial charge in [0, 0.05) is 38.4 Å². The quantitative estimate of drug-likeness (QED) is 0.396. The Morgan fingerprint density at radius 2 is 1.67 bits per heavy atom. The summed E-state index contributed by atoms with van der Waals surface area (Å²) in [5.41, 5.74) is -0.0182. The molecule has 1 aromatic carbocycles. The molecule has 33 heavy (non-hydrogen) atoms. The molecule has 178 valence electrons. The van der Waals surface area contributed by atoms with Gasteiger partial charge in [-0.3, -0.25) is 14.5 Å². The first-order valence-electron chi connectivity index (χ1n) is 11.2. The molecular formula is C24H33N5O4. The van der Waals surface area contributed by atoms with Gasteiger partial charge in [-0.2, -0.15) is 0 Å². The molecule has 3 amide bonds. The molecule has 2 aromatic rings. The lowest BCUT2D eigenvalue weighted by atomic mass is 9.88. The van der Waals surface area contributed by atoms with Crippen molar-refractivity contribution in [3.63, 3.8) is 0 Å². The van der Waals surface area contributed by atoms with Gasteiger partial charge in [-0.25, -0.2) is 14.8 Å². The van der Waals surface area contributed by atoms with Crippen molar-refractivity contribution in [1.29, 1.82) is 0 Å². The van der Waals surface area contributed by atoms with Gasteiger partial charge in [0.2, 0.25) is 11.9 Å². The summed E-state index contributed by atoms with van der Waals surface area (Å²) in [5, 5.41) is 15.2. The number of carbonyl (C=O) groups is 3. The van der Waals surface area contributed by atoms with E-state index in [2.05, 4.69) is 20.6 Å². The lowest BCUT2D eigenvalue weighted by Gasteiger charge is -2.24. The number of carboxylic acids is 1. The van der Waals surface area contributed by atoms with E-state index in [0.29, 0.717) is 25.5 Å². The van der Waals surface area contributed by atoms with Crippen LogP contribution in [0.2, 0.25) is 0 Å². The molecule has 1 heterocycles. The number of imide groups is 1. The summed E-state index contributed by atoms with van der Waals surface area (Å²) in [6, 6.07) is 10.9. The second-order valence-electron chi connectivity index (χ2n) is 8.41. The molecule has 0 saturated carbocycles. The van der Waals surface area contributed by atoms with E-state index < -0.39 is 17.4 Å². The number of nitrogens with zero attached hydrogens (tertiary/aromatic N) is 3. The fraction of sp³-hybridized carbons (Fsp3) is 0.458. The molecule has 0 bridgehead atoms. The van der Waals surface area contributed by atoms with E-state index in [9.17, 15) is 19.5 Å². The number of urea groups is 1. The van der Waals surface area contributed by atoms with Gasteiger partial charge in [-0.05, 0) is 51.2 Å². The number of amides is 3. The zero-order chi connectivity index (χ0) is 24.1. The van der Waals surface area contributed by atoms with Crippen LogP contribution in [0.5, 0.6) is 0 Å². The molecule has 1 aromatic heterocycles. The van der Waals surface area contributed by atoms with Gasteiger partial charge >= 0.3 is 12.0 Å². The van der Waals surface area contributed by atoms with Crippen LogP contribution in [0.25, 0.3) is 0 Å². The van der Waals surface area contributed by atoms with Gasteiger partial charge in [-0.1, -0.05) is 30.3 Å². The average Bonchev–Trinajstić information content (AvgIpc) is 2.81. The van der Waals surface area contributed by atoms with E-state index in [-0.39, 0.29) is 25.3 Å². The van der Waals surface area contributed by atoms with Crippen molar-refractivity contribution in [2.45, 2.75) is 46.0 Å². The summed E-state index contributed by atoms with van der Waals surface area (Å²) < 4.78 is 0. The molecule has 0 spiro atoms. The van der Waals surface area contributed by atoms with Crippen LogP contribution in [-0.4, -0.2) is 57.5 Å². The number of aliphatic carboxylic acids is 1. The van der Waals surface area contributed by atoms with Gasteiger partial charge in [-0.15, -0.1) is 0 Å². The molecule has 0 saturated heterocycles. The fourth-order valence-electron chi connectivity index (χ4n) is 3.02. The number of unbranched alkanes of at least 4 members (excludes halogenated alkanes) is 1. The number of nitrogens with one attached hydrogen (secondary N) is 2. The monoisotopic (exact) mass is 455 g/mol. The first kappa shape index (κ1) is 25.8. The molecule has 2 rings (SSSR count). The van der Waals surface area contributed by atoms with Crippen molar-refractivity contribution in [2.75, 3.05) is 25.0 Å². The smallest absolute Gasteiger partial charge is 0.324 e. The first-order valence-corrected chi connectivity index (χ1v) is 11.2. The summed E-state index contributed by atoms with van der Waals surface area (Å²) in [6.45, 7) is 4.47. The van der Waals surface area contributed by atoms with Crippen molar-refractivity contribution >= 4 is 23.9 Å². The predicted octanol–water partition coefficient (Wildman–Crippen LogP) is 3.34. The van der Waals surface area contributed by atoms with Gasteiger partial charge in [0.25, 0.3) is 0 Å². The maximum atomic E-state index is 12.8. The highest BCUT2D eigenvalue weighted by Crippen LogP contribution is 2.23. The van der Waals surface area contributed by atoms with E-state index in [4.69, 9.17) is 0 Å². The van der Waals surface area contributed by atoms with Crippen molar-refractivity contribution < 1.29 is 19.5 Å². The van der Waals surface area contributed by atoms with Crippen LogP contribution >= 0.6 is 0 Å². The topological polar surface area (TPSA) is 125 Å². The van der Waals surface area contributed by atoms with Crippen LogP contribution in [0.15, 0.2) is 48.8 Å². The maximum absolute atomic E-state index is 12.8. The molecule has 9 nitrogen and oxygen atoms in total. The van der Waals surface area contributed by atoms with Gasteiger partial charge in [0.15, 0.2) is 0 Å². The minimum Gasteiger partial charge on any atom is -0.481 e. The van der Waals surface area contributed by atoms with Crippen LogP contribution in [-0.2, 0) is 16.0 Å². The van der Waals surface area contributed by atoms with Crippen LogP contribution in [0, 0.1) is 5.41 Å². The molecule has 9 heteroatoms. The van der Waals surface area contributed by atoms with Gasteiger partial charge < -0.3 is 15.7 Å². The maximum Gasteiger partial charge on any atom is 0.324 e. The standard InChI is InChI=1S/C24H33N5O4/c1-24(2,21(31)32)13-11-20(30)29(18-12-19-9-4-3-5-10-19)23(33)28-15-7-6-14-25-22-26-16-8-17-27-22/h3-5,8-10,16-17H,6-7,11-15,18H2,1-2H3,(H,28,33)(H,31,32)(H,25,26,27). The van der Waals surface area contributed by atoms with Gasteiger partial charge in [0.1, 0.15) is 0 Å². The normalized spacial score (nSPS) is 11.0. The molecule has 3 N–H and O–H groups in total. The highest BCUT2D eigenvalue weighted by atomic mass is 16.4. The Morgan fingerprint density at radius 3 is 2.33 bits per heavy atom. The lowest BCUT2D eigenvalue weighted by molar-refractivity contribution is -0.147. The Morgan fingerprint density at radius 1 is 1.00 bits per heavy atom. The third-order valence-electron chi connectivity index (χ3n) is 5.28. The molecule has 0 radical (unpaired) electrons. The van der Waals surface area contributed by atoms with Crippen molar-refractivity contribution in [3.05, 3.63) is 54.4 Å². The SMILES string of the molecule is CC(C)(CCC(=O)N(CCc1ccccc1)C(=O)NCCCCNc1ncccn1)C(=O)O. The Kier molecular flexibility index (Phi) is 10.3. The Balaban J connectivity index is 1.84. The lowest BCUT2D eigenvalue weighted by Crippen LogP contribution is -2.45. The zero-order valence-corrected chi connectivity index (χ0v) is 19.3. The molecule has 0 aliphatic heterocycles. The Labute approximate surface area is 194 Å². The first-order chi connectivity index (χ1) is 15.8. The predicted molar refractivity (Wildman–Crippen MR) is 126 cm³/mol. The highest BCUT2D eigenvalue weighted by molar-refractivity contribution is 5.94. The third-order valence-corrected chi connectivity index (χ3v) is 5.28. The molecular weight excluding hydrogens is 422 g/mol. The van der Waals surface area contributed by atoms with E-state index in [1.54, 1.807) is 32.3 Å². The summed E-state index contributed by atoms with van der Waals surface area (Å²) in [7, 11) is 0. The summed E-state index contributed by atoms with van der Waals surface area (Å²) in [6.07, 6.45) is 5.51. The van der Waals surface area contributed by atoms with Crippen molar-refractivity contribution in [3.8, 4) is 0 Å². The minimum absolute atomic E-state index is 0.0114. The molecule has 0 fully saturated rings. The van der Waals surface area contributed by atoms with Crippen LogP contribution in [0.3, 0.4) is 0 Å². The number of hydrogen-bond donors (Lipinski definition) is 3. The second-order valence-corrected chi connectivity index (χ2v) is 8.41. The molecule has 0 aliphatic carbocycles. The van der Waals surface area contributed by atoms with Crippen molar-refractivity contribution in [2.24, 2.45) is 5.41 Å². The fourth-order valence-corrected chi connectivity index (χ4v) is 3.02. The second kappa shape index (κ2) is 13.1. The van der Waals surface area contributed by atoms with Crippen LogP contribution in [0.4, 0.5) is 10.7 Å². The van der Waals surface area contributed by atoms with E-state index >= 15 is 0 Å². The Hall–Kier alpha value is -3.49. The molecule has 0 atom stereocenters. The average molecular weight is 456 g/mol. The highest BCUT2D eigenvalue weighted by Gasteiger charge is 2.30. The van der Waals surface area contributed by atoms with E-state index in [1.165, 1.54) is 4.90 Å². The number of aromatic nitrogens is 2.